The van der Waals surface area contributed by atoms with Crippen LogP contribution in [0.25, 0.3) is 0 Å². The Morgan fingerprint density at radius 3 is 2.26 bits per heavy atom. The van der Waals surface area contributed by atoms with Gasteiger partial charge in [0.25, 0.3) is 5.91 Å². The maximum Gasteiger partial charge on any atom is 0.261 e. The minimum Gasteiger partial charge on any atom is -0.483 e. The first-order chi connectivity index (χ1) is 14.5. The van der Waals surface area contributed by atoms with Crippen molar-refractivity contribution in [3.8, 4) is 5.75 Å². The molecule has 1 N–H and O–H groups in total. The second-order valence-corrected chi connectivity index (χ2v) is 9.16. The van der Waals surface area contributed by atoms with Crippen LogP contribution < -0.4 is 10.1 Å². The van der Waals surface area contributed by atoms with Gasteiger partial charge in [0.15, 0.2) is 6.61 Å². The first-order valence-corrected chi connectivity index (χ1v) is 10.9. The van der Waals surface area contributed by atoms with Crippen LogP contribution in [-0.4, -0.2) is 34.9 Å². The molecule has 0 fully saturated rings. The minimum absolute atomic E-state index is 0.116. The van der Waals surface area contributed by atoms with E-state index in [1.54, 1.807) is 4.90 Å². The molecule has 0 aliphatic carbocycles. The molecule has 2 rings (SSSR count). The maximum absolute atomic E-state index is 13.3. The number of amides is 2. The number of aryl methyl sites for hydroxylation is 2. The number of carbonyl (C=O) groups excluding carboxylic acids is 2. The zero-order valence-corrected chi connectivity index (χ0v) is 19.9. The van der Waals surface area contributed by atoms with E-state index in [0.29, 0.717) is 18.7 Å². The molecule has 0 aliphatic rings. The minimum atomic E-state index is -0.574. The molecule has 0 bridgehead atoms. The highest BCUT2D eigenvalue weighted by atomic mass is 16.5. The van der Waals surface area contributed by atoms with Crippen molar-refractivity contribution >= 4 is 11.8 Å². The summed E-state index contributed by atoms with van der Waals surface area (Å²) in [7, 11) is 0. The number of hydrogen-bond donors (Lipinski definition) is 1. The lowest BCUT2D eigenvalue weighted by atomic mass is 10.1. The average Bonchev–Trinajstić information content (AvgIpc) is 2.69. The third-order valence-corrected chi connectivity index (χ3v) is 5.26. The summed E-state index contributed by atoms with van der Waals surface area (Å²) in [6.07, 6.45) is 0.517. The average molecular weight is 425 g/mol. The van der Waals surface area contributed by atoms with Gasteiger partial charge in [0.1, 0.15) is 11.8 Å². The Morgan fingerprint density at radius 2 is 1.68 bits per heavy atom. The zero-order valence-electron chi connectivity index (χ0n) is 19.9. The molecular weight excluding hydrogens is 388 g/mol. The molecule has 0 spiro atoms. The summed E-state index contributed by atoms with van der Waals surface area (Å²) in [5, 5.41) is 3.02. The SMILES string of the molecule is CCC(C(=O)NC(C)(C)C)N(Cc1ccc(C)cc1)C(=O)COc1cccc(C)c1C. The summed E-state index contributed by atoms with van der Waals surface area (Å²) in [5.41, 5.74) is 3.87. The predicted octanol–water partition coefficient (Wildman–Crippen LogP) is 4.71. The van der Waals surface area contributed by atoms with Crippen LogP contribution in [-0.2, 0) is 16.1 Å². The van der Waals surface area contributed by atoms with Crippen molar-refractivity contribution in [3.05, 3.63) is 64.7 Å². The lowest BCUT2D eigenvalue weighted by molar-refractivity contribution is -0.143. The number of benzene rings is 2. The van der Waals surface area contributed by atoms with Crippen molar-refractivity contribution in [2.75, 3.05) is 6.61 Å². The van der Waals surface area contributed by atoms with E-state index >= 15 is 0 Å². The van der Waals surface area contributed by atoms with Gasteiger partial charge < -0.3 is 15.0 Å². The highest BCUT2D eigenvalue weighted by molar-refractivity contribution is 5.88. The molecule has 0 heterocycles. The van der Waals surface area contributed by atoms with Crippen LogP contribution in [0.1, 0.15) is 56.4 Å². The van der Waals surface area contributed by atoms with E-state index in [2.05, 4.69) is 5.32 Å². The van der Waals surface area contributed by atoms with E-state index in [9.17, 15) is 9.59 Å². The Bertz CT molecular complexity index is 898. The Balaban J connectivity index is 2.26. The summed E-state index contributed by atoms with van der Waals surface area (Å²) in [6, 6.07) is 13.2. The van der Waals surface area contributed by atoms with Crippen LogP contribution in [0.5, 0.6) is 5.75 Å². The lowest BCUT2D eigenvalue weighted by Gasteiger charge is -2.33. The summed E-state index contributed by atoms with van der Waals surface area (Å²) >= 11 is 0. The van der Waals surface area contributed by atoms with Crippen LogP contribution >= 0.6 is 0 Å². The molecule has 168 valence electrons. The van der Waals surface area contributed by atoms with Gasteiger partial charge in [0.05, 0.1) is 0 Å². The fraction of sp³-hybridized carbons (Fsp3) is 0.462. The normalized spacial score (nSPS) is 12.2. The second kappa shape index (κ2) is 10.5. The van der Waals surface area contributed by atoms with Gasteiger partial charge in [-0.1, -0.05) is 48.9 Å². The lowest BCUT2D eigenvalue weighted by Crippen LogP contribution is -2.54. The van der Waals surface area contributed by atoms with Crippen molar-refractivity contribution in [1.29, 1.82) is 0 Å². The summed E-state index contributed by atoms with van der Waals surface area (Å²) in [5.74, 6) is 0.329. The number of rotatable bonds is 8. The molecule has 0 aromatic heterocycles. The fourth-order valence-electron chi connectivity index (χ4n) is 3.37. The maximum atomic E-state index is 13.3. The smallest absolute Gasteiger partial charge is 0.261 e. The van der Waals surface area contributed by atoms with Gasteiger partial charge in [0.2, 0.25) is 5.91 Å². The fourth-order valence-corrected chi connectivity index (χ4v) is 3.37. The molecule has 1 atom stereocenters. The highest BCUT2D eigenvalue weighted by Gasteiger charge is 2.31. The van der Waals surface area contributed by atoms with Crippen LogP contribution in [0.15, 0.2) is 42.5 Å². The van der Waals surface area contributed by atoms with E-state index < -0.39 is 6.04 Å². The molecule has 0 saturated heterocycles. The third-order valence-electron chi connectivity index (χ3n) is 5.26. The molecule has 1 unspecified atom stereocenters. The van der Waals surface area contributed by atoms with Crippen LogP contribution in [0, 0.1) is 20.8 Å². The van der Waals surface area contributed by atoms with Gasteiger partial charge in [0, 0.05) is 12.1 Å². The predicted molar refractivity (Wildman–Crippen MR) is 125 cm³/mol. The molecule has 5 nitrogen and oxygen atoms in total. The molecule has 0 aliphatic heterocycles. The van der Waals surface area contributed by atoms with Crippen molar-refractivity contribution in [2.24, 2.45) is 0 Å². The Kier molecular flexibility index (Phi) is 8.26. The first-order valence-electron chi connectivity index (χ1n) is 10.9. The molecule has 2 aromatic carbocycles. The zero-order chi connectivity index (χ0) is 23.2. The molecule has 2 aromatic rings. The Morgan fingerprint density at radius 1 is 1.03 bits per heavy atom. The van der Waals surface area contributed by atoms with Gasteiger partial charge in [-0.3, -0.25) is 9.59 Å². The summed E-state index contributed by atoms with van der Waals surface area (Å²) < 4.78 is 5.87. The topological polar surface area (TPSA) is 58.6 Å². The number of ether oxygens (including phenoxy) is 1. The quantitative estimate of drug-likeness (QED) is 0.667. The largest absolute Gasteiger partial charge is 0.483 e. The Labute approximate surface area is 186 Å². The Hall–Kier alpha value is -2.82. The molecule has 0 radical (unpaired) electrons. The molecule has 5 heteroatoms. The van der Waals surface area contributed by atoms with Crippen LogP contribution in [0.4, 0.5) is 0 Å². The number of nitrogens with one attached hydrogen (secondary N) is 1. The number of carbonyl (C=O) groups is 2. The molecule has 0 saturated carbocycles. The standard InChI is InChI=1S/C26H36N2O3/c1-8-22(25(30)27-26(5,6)7)28(16-21-14-12-18(2)13-15-21)24(29)17-31-23-11-9-10-19(3)20(23)4/h9-15,22H,8,16-17H2,1-7H3,(H,27,30). The first kappa shape index (κ1) is 24.4. The molecular formula is C26H36N2O3. The molecule has 2 amide bonds. The monoisotopic (exact) mass is 424 g/mol. The summed E-state index contributed by atoms with van der Waals surface area (Å²) in [4.78, 5) is 27.9. The third kappa shape index (κ3) is 7.12. The van der Waals surface area contributed by atoms with Gasteiger partial charge in [-0.05, 0) is 70.7 Å². The van der Waals surface area contributed by atoms with E-state index in [0.717, 1.165) is 22.3 Å². The van der Waals surface area contributed by atoms with Crippen molar-refractivity contribution in [3.63, 3.8) is 0 Å². The van der Waals surface area contributed by atoms with Gasteiger partial charge >= 0.3 is 0 Å². The second-order valence-electron chi connectivity index (χ2n) is 9.16. The van der Waals surface area contributed by atoms with Gasteiger partial charge in [-0.25, -0.2) is 0 Å². The van der Waals surface area contributed by atoms with Gasteiger partial charge in [-0.15, -0.1) is 0 Å². The number of nitrogens with zero attached hydrogens (tertiary/aromatic N) is 1. The van der Waals surface area contributed by atoms with E-state index in [1.165, 1.54) is 0 Å². The van der Waals surface area contributed by atoms with Crippen LogP contribution in [0.3, 0.4) is 0 Å². The van der Waals surface area contributed by atoms with Crippen molar-refractivity contribution in [2.45, 2.75) is 73.0 Å². The van der Waals surface area contributed by atoms with Crippen molar-refractivity contribution < 1.29 is 14.3 Å². The van der Waals surface area contributed by atoms with E-state index in [4.69, 9.17) is 4.74 Å². The van der Waals surface area contributed by atoms with E-state index in [1.807, 2.05) is 90.9 Å². The van der Waals surface area contributed by atoms with E-state index in [-0.39, 0.29) is 24.0 Å². The highest BCUT2D eigenvalue weighted by Crippen LogP contribution is 2.21. The molecule has 31 heavy (non-hydrogen) atoms. The van der Waals surface area contributed by atoms with Crippen LogP contribution in [0.2, 0.25) is 0 Å². The number of hydrogen-bond acceptors (Lipinski definition) is 3. The van der Waals surface area contributed by atoms with Gasteiger partial charge in [-0.2, -0.15) is 0 Å². The van der Waals surface area contributed by atoms with Crippen molar-refractivity contribution in [1.82, 2.24) is 10.2 Å². The summed E-state index contributed by atoms with van der Waals surface area (Å²) in [6.45, 7) is 14.0.